The fourth-order valence-corrected chi connectivity index (χ4v) is 3.21. The highest BCUT2D eigenvalue weighted by Gasteiger charge is 2.18. The molecule has 0 bridgehead atoms. The molecule has 4 heteroatoms. The molecular weight excluding hydrogens is 327 g/mol. The maximum atomic E-state index is 6.38. The summed E-state index contributed by atoms with van der Waals surface area (Å²) in [6, 6.07) is 15.7. The predicted octanol–water partition coefficient (Wildman–Crippen LogP) is 6.02. The first-order valence-corrected chi connectivity index (χ1v) is 8.06. The van der Waals surface area contributed by atoms with Crippen molar-refractivity contribution < 1.29 is 0 Å². The number of benzene rings is 2. The Labute approximate surface area is 146 Å². The summed E-state index contributed by atoms with van der Waals surface area (Å²) in [6.45, 7) is 6.53. The van der Waals surface area contributed by atoms with Crippen molar-refractivity contribution in [2.75, 3.05) is 0 Å². The van der Waals surface area contributed by atoms with Crippen LogP contribution in [0.15, 0.2) is 61.2 Å². The highest BCUT2D eigenvalue weighted by Crippen LogP contribution is 2.34. The van der Waals surface area contributed by atoms with Crippen LogP contribution in [-0.2, 0) is 6.54 Å². The number of imidazole rings is 1. The second-order valence-corrected chi connectivity index (χ2v) is 6.10. The topological polar surface area (TPSA) is 17.8 Å². The van der Waals surface area contributed by atoms with Crippen molar-refractivity contribution >= 4 is 23.2 Å². The van der Waals surface area contributed by atoms with Crippen LogP contribution in [-0.4, -0.2) is 9.55 Å². The Balaban J connectivity index is 2.24. The van der Waals surface area contributed by atoms with E-state index in [4.69, 9.17) is 28.2 Å². The van der Waals surface area contributed by atoms with E-state index in [1.807, 2.05) is 43.3 Å². The van der Waals surface area contributed by atoms with Crippen molar-refractivity contribution in [3.63, 3.8) is 0 Å². The normalized spacial score (nSPS) is 10.7. The first-order valence-electron chi connectivity index (χ1n) is 7.30. The number of allylic oxidation sites excluding steroid dienone is 1. The van der Waals surface area contributed by atoms with Gasteiger partial charge in [0, 0.05) is 22.7 Å². The van der Waals surface area contributed by atoms with E-state index in [1.54, 1.807) is 6.07 Å². The van der Waals surface area contributed by atoms with E-state index >= 15 is 0 Å². The number of hydrogen-bond acceptors (Lipinski definition) is 1. The number of nitrogens with zero attached hydrogens (tertiary/aromatic N) is 2. The maximum absolute atomic E-state index is 6.38. The lowest BCUT2D eigenvalue weighted by Crippen LogP contribution is -2.01. The van der Waals surface area contributed by atoms with Gasteiger partial charge < -0.3 is 4.57 Å². The summed E-state index contributed by atoms with van der Waals surface area (Å²) < 4.78 is 2.13. The third kappa shape index (κ3) is 3.05. The average molecular weight is 343 g/mol. The molecular formula is C19H16Cl2N2. The highest BCUT2D eigenvalue weighted by atomic mass is 35.5. The molecule has 0 aliphatic carbocycles. The van der Waals surface area contributed by atoms with Crippen molar-refractivity contribution in [3.05, 3.63) is 76.9 Å². The van der Waals surface area contributed by atoms with E-state index in [-0.39, 0.29) is 0 Å². The number of hydrogen-bond donors (Lipinski definition) is 0. The predicted molar refractivity (Wildman–Crippen MR) is 98.1 cm³/mol. The van der Waals surface area contributed by atoms with Crippen LogP contribution in [0.5, 0.6) is 0 Å². The van der Waals surface area contributed by atoms with Crippen molar-refractivity contribution in [1.29, 1.82) is 0 Å². The SMILES string of the molecule is C=CCn1c(-c2ccc(Cl)cc2Cl)nc(C)c1-c1ccccc1. The van der Waals surface area contributed by atoms with Crippen LogP contribution in [0.2, 0.25) is 10.0 Å². The molecule has 0 spiro atoms. The van der Waals surface area contributed by atoms with Crippen molar-refractivity contribution in [1.82, 2.24) is 9.55 Å². The summed E-state index contributed by atoms with van der Waals surface area (Å²) in [5, 5.41) is 1.20. The molecule has 23 heavy (non-hydrogen) atoms. The second kappa shape index (κ2) is 6.61. The molecule has 0 aliphatic rings. The molecule has 3 aromatic rings. The lowest BCUT2D eigenvalue weighted by atomic mass is 10.1. The highest BCUT2D eigenvalue weighted by molar-refractivity contribution is 6.36. The summed E-state index contributed by atoms with van der Waals surface area (Å²) in [4.78, 5) is 4.75. The molecule has 0 fully saturated rings. The summed E-state index contributed by atoms with van der Waals surface area (Å²) in [5.74, 6) is 0.822. The summed E-state index contributed by atoms with van der Waals surface area (Å²) in [6.07, 6.45) is 1.86. The van der Waals surface area contributed by atoms with E-state index in [2.05, 4.69) is 23.3 Å². The Morgan fingerprint density at radius 3 is 2.52 bits per heavy atom. The van der Waals surface area contributed by atoms with Crippen LogP contribution in [0.1, 0.15) is 5.69 Å². The molecule has 1 aromatic heterocycles. The average Bonchev–Trinajstić information content (AvgIpc) is 2.85. The zero-order valence-corrected chi connectivity index (χ0v) is 14.3. The van der Waals surface area contributed by atoms with Crippen LogP contribution in [0.4, 0.5) is 0 Å². The fraction of sp³-hybridized carbons (Fsp3) is 0.105. The quantitative estimate of drug-likeness (QED) is 0.530. The molecule has 0 N–H and O–H groups in total. The Hall–Kier alpha value is -2.03. The molecule has 2 nitrogen and oxygen atoms in total. The van der Waals surface area contributed by atoms with Crippen molar-refractivity contribution in [2.45, 2.75) is 13.5 Å². The zero-order chi connectivity index (χ0) is 16.4. The van der Waals surface area contributed by atoms with Gasteiger partial charge in [-0.15, -0.1) is 6.58 Å². The third-order valence-electron chi connectivity index (χ3n) is 3.67. The van der Waals surface area contributed by atoms with Gasteiger partial charge in [0.2, 0.25) is 0 Å². The Kier molecular flexibility index (Phi) is 4.56. The number of aryl methyl sites for hydroxylation is 1. The van der Waals surface area contributed by atoms with Crippen LogP contribution in [0.25, 0.3) is 22.6 Å². The second-order valence-electron chi connectivity index (χ2n) is 5.26. The molecule has 2 aromatic carbocycles. The van der Waals surface area contributed by atoms with Crippen LogP contribution >= 0.6 is 23.2 Å². The van der Waals surface area contributed by atoms with Crippen LogP contribution in [0, 0.1) is 6.92 Å². The molecule has 0 amide bonds. The zero-order valence-electron chi connectivity index (χ0n) is 12.8. The van der Waals surface area contributed by atoms with Gasteiger partial charge in [0.05, 0.1) is 16.4 Å². The molecule has 116 valence electrons. The molecule has 0 saturated heterocycles. The largest absolute Gasteiger partial charge is 0.320 e. The smallest absolute Gasteiger partial charge is 0.142 e. The van der Waals surface area contributed by atoms with Gasteiger partial charge in [-0.2, -0.15) is 0 Å². The Bertz CT molecular complexity index is 851. The van der Waals surface area contributed by atoms with Gasteiger partial charge >= 0.3 is 0 Å². The Morgan fingerprint density at radius 2 is 1.87 bits per heavy atom. The molecule has 0 atom stereocenters. The van der Waals surface area contributed by atoms with E-state index in [0.717, 1.165) is 28.3 Å². The molecule has 0 saturated carbocycles. The van der Waals surface area contributed by atoms with Gasteiger partial charge in [0.15, 0.2) is 0 Å². The van der Waals surface area contributed by atoms with Gasteiger partial charge in [-0.3, -0.25) is 0 Å². The van der Waals surface area contributed by atoms with Crippen LogP contribution < -0.4 is 0 Å². The van der Waals surface area contributed by atoms with E-state index < -0.39 is 0 Å². The standard InChI is InChI=1S/C19H16Cl2N2/c1-3-11-23-18(14-7-5-4-6-8-14)13(2)22-19(23)16-10-9-15(20)12-17(16)21/h3-10,12H,1,11H2,2H3. The van der Waals surface area contributed by atoms with Gasteiger partial charge in [-0.25, -0.2) is 4.98 Å². The first-order chi connectivity index (χ1) is 11.1. The minimum Gasteiger partial charge on any atom is -0.320 e. The van der Waals surface area contributed by atoms with E-state index in [0.29, 0.717) is 16.6 Å². The third-order valence-corrected chi connectivity index (χ3v) is 4.22. The van der Waals surface area contributed by atoms with Gasteiger partial charge in [0.25, 0.3) is 0 Å². The summed E-state index contributed by atoms with van der Waals surface area (Å²) in [7, 11) is 0. The molecule has 0 aliphatic heterocycles. The first kappa shape index (κ1) is 15.9. The summed E-state index contributed by atoms with van der Waals surface area (Å²) >= 11 is 12.4. The number of aromatic nitrogens is 2. The van der Waals surface area contributed by atoms with Crippen LogP contribution in [0.3, 0.4) is 0 Å². The number of halogens is 2. The lowest BCUT2D eigenvalue weighted by Gasteiger charge is -2.11. The van der Waals surface area contributed by atoms with E-state index in [1.165, 1.54) is 0 Å². The van der Waals surface area contributed by atoms with Gasteiger partial charge in [-0.05, 0) is 25.1 Å². The fourth-order valence-electron chi connectivity index (χ4n) is 2.72. The maximum Gasteiger partial charge on any atom is 0.142 e. The molecule has 0 radical (unpaired) electrons. The van der Waals surface area contributed by atoms with Crippen molar-refractivity contribution in [3.8, 4) is 22.6 Å². The molecule has 1 heterocycles. The molecule has 0 unspecified atom stereocenters. The van der Waals surface area contributed by atoms with Gasteiger partial charge in [0.1, 0.15) is 5.82 Å². The summed E-state index contributed by atoms with van der Waals surface area (Å²) in [5.41, 5.74) is 4.02. The molecule has 3 rings (SSSR count). The van der Waals surface area contributed by atoms with Crippen molar-refractivity contribution in [2.24, 2.45) is 0 Å². The minimum atomic E-state index is 0.590. The Morgan fingerprint density at radius 1 is 1.13 bits per heavy atom. The van der Waals surface area contributed by atoms with Gasteiger partial charge in [-0.1, -0.05) is 59.6 Å². The van der Waals surface area contributed by atoms with E-state index in [9.17, 15) is 0 Å². The lowest BCUT2D eigenvalue weighted by molar-refractivity contribution is 0.839. The monoisotopic (exact) mass is 342 g/mol. The minimum absolute atomic E-state index is 0.590. The number of rotatable bonds is 4.